The lowest BCUT2D eigenvalue weighted by molar-refractivity contribution is -0.134. The molecule has 2 atom stereocenters. The fourth-order valence-electron chi connectivity index (χ4n) is 4.27. The number of nitrogens with two attached hydrogens (primary N) is 1. The summed E-state index contributed by atoms with van der Waals surface area (Å²) in [5.41, 5.74) is 8.41. The smallest absolute Gasteiger partial charge is 0.241 e. The zero-order valence-electron chi connectivity index (χ0n) is 15.5. The molecule has 2 N–H and O–H groups in total. The van der Waals surface area contributed by atoms with Crippen molar-refractivity contribution in [3.05, 3.63) is 70.8 Å². The van der Waals surface area contributed by atoms with Crippen molar-refractivity contribution in [3.63, 3.8) is 0 Å². The van der Waals surface area contributed by atoms with Gasteiger partial charge >= 0.3 is 0 Å². The number of fused-ring (bicyclic) bond motifs is 2. The lowest BCUT2D eigenvalue weighted by Gasteiger charge is -2.45. The molecule has 1 amide bonds. The Kier molecular flexibility index (Phi) is 4.97. The maximum atomic E-state index is 13.8. The quantitative estimate of drug-likeness (QED) is 0.846. The van der Waals surface area contributed by atoms with Crippen molar-refractivity contribution in [2.24, 2.45) is 16.8 Å². The van der Waals surface area contributed by atoms with Gasteiger partial charge in [-0.3, -0.25) is 4.79 Å². The van der Waals surface area contributed by atoms with Crippen LogP contribution >= 0.6 is 11.8 Å². The molecule has 4 nitrogen and oxygen atoms in total. The number of halogens is 2. The van der Waals surface area contributed by atoms with Crippen molar-refractivity contribution in [1.29, 1.82) is 0 Å². The molecule has 0 bridgehead atoms. The van der Waals surface area contributed by atoms with Crippen molar-refractivity contribution in [1.82, 2.24) is 5.01 Å². The molecule has 1 aliphatic carbocycles. The third kappa shape index (κ3) is 3.02. The zero-order valence-corrected chi connectivity index (χ0v) is 16.3. The van der Waals surface area contributed by atoms with Gasteiger partial charge in [0.1, 0.15) is 21.5 Å². The highest BCUT2D eigenvalue weighted by atomic mass is 32.2. The first-order valence-corrected chi connectivity index (χ1v) is 10.1. The minimum absolute atomic E-state index is 0.0842. The molecule has 0 saturated heterocycles. The van der Waals surface area contributed by atoms with Crippen LogP contribution in [0.5, 0.6) is 0 Å². The number of aryl methyl sites for hydroxylation is 1. The number of hydrazone groups is 1. The fraction of sp³-hybridized carbons (Fsp3) is 0.333. The first-order valence-electron chi connectivity index (χ1n) is 9.29. The molecule has 7 heteroatoms. The predicted molar refractivity (Wildman–Crippen MR) is 107 cm³/mol. The van der Waals surface area contributed by atoms with Crippen LogP contribution in [0.25, 0.3) is 0 Å². The molecule has 0 saturated carbocycles. The number of hydrogen-bond acceptors (Lipinski definition) is 4. The minimum Gasteiger partial charge on any atom is -0.330 e. The summed E-state index contributed by atoms with van der Waals surface area (Å²) >= 11 is 1.40. The van der Waals surface area contributed by atoms with E-state index in [0.29, 0.717) is 17.2 Å². The van der Waals surface area contributed by atoms with Crippen LogP contribution in [0.1, 0.15) is 36.5 Å². The molecule has 1 aliphatic heterocycles. The molecule has 28 heavy (non-hydrogen) atoms. The number of carbonyl (C=O) groups excluding carboxylic acids is 1. The Labute approximate surface area is 166 Å². The summed E-state index contributed by atoms with van der Waals surface area (Å²) in [6.45, 7) is 1.96. The maximum absolute atomic E-state index is 13.8. The normalized spacial score (nSPS) is 23.6. The molecule has 0 unspecified atom stereocenters. The van der Waals surface area contributed by atoms with E-state index in [1.54, 1.807) is 0 Å². The highest BCUT2D eigenvalue weighted by molar-refractivity contribution is 8.15. The molecular weight excluding hydrogens is 380 g/mol. The summed E-state index contributed by atoms with van der Waals surface area (Å²) in [5, 5.41) is 6.47. The van der Waals surface area contributed by atoms with Gasteiger partial charge in [0, 0.05) is 18.6 Å². The predicted octanol–water partition coefficient (Wildman–Crippen LogP) is 3.99. The van der Waals surface area contributed by atoms with Crippen molar-refractivity contribution < 1.29 is 13.6 Å². The molecule has 2 aromatic carbocycles. The van der Waals surface area contributed by atoms with Gasteiger partial charge in [0.15, 0.2) is 0 Å². The van der Waals surface area contributed by atoms with Gasteiger partial charge in [-0.05, 0) is 55.0 Å². The molecule has 4 rings (SSSR count). The van der Waals surface area contributed by atoms with E-state index in [2.05, 4.69) is 11.2 Å². The molecule has 0 aromatic heterocycles. The average Bonchev–Trinajstić information content (AvgIpc) is 3.05. The number of carbonyl (C=O) groups is 1. The second-order valence-corrected chi connectivity index (χ2v) is 8.38. The standard InChI is InChI=1S/C21H21F2N3OS/c1-13(27)26-21(28-20(25-26)15-10-17(22)12-18(23)11-15)16(8-9-24)7-6-14-4-2-3-5-19(14)21/h2-5,10-12,16H,6-9,24H2,1H3/t16-,21+/m1/s1. The molecule has 2 aromatic rings. The Morgan fingerprint density at radius 3 is 2.68 bits per heavy atom. The van der Waals surface area contributed by atoms with Crippen LogP contribution in [-0.2, 0) is 16.1 Å². The van der Waals surface area contributed by atoms with E-state index in [1.807, 2.05) is 18.2 Å². The van der Waals surface area contributed by atoms with Gasteiger partial charge in [-0.25, -0.2) is 13.8 Å². The summed E-state index contributed by atoms with van der Waals surface area (Å²) in [5.74, 6) is -1.47. The van der Waals surface area contributed by atoms with Crippen molar-refractivity contribution in [2.45, 2.75) is 31.1 Å². The van der Waals surface area contributed by atoms with E-state index in [0.717, 1.165) is 36.5 Å². The van der Waals surface area contributed by atoms with Crippen molar-refractivity contribution >= 4 is 22.7 Å². The summed E-state index contributed by atoms with van der Waals surface area (Å²) in [6.07, 6.45) is 2.50. The van der Waals surface area contributed by atoms with Crippen LogP contribution in [0, 0.1) is 17.6 Å². The Hall–Kier alpha value is -2.25. The van der Waals surface area contributed by atoms with Crippen LogP contribution < -0.4 is 5.73 Å². The third-order valence-electron chi connectivity index (χ3n) is 5.40. The molecule has 1 spiro atoms. The fourth-order valence-corrected chi connectivity index (χ4v) is 5.89. The van der Waals surface area contributed by atoms with Crippen LogP contribution in [0.2, 0.25) is 0 Å². The molecule has 0 fully saturated rings. The van der Waals surface area contributed by atoms with Gasteiger partial charge in [0.05, 0.1) is 0 Å². The first-order chi connectivity index (χ1) is 13.5. The van der Waals surface area contributed by atoms with Crippen LogP contribution in [0.15, 0.2) is 47.6 Å². The zero-order chi connectivity index (χ0) is 19.9. The Bertz CT molecular complexity index is 944. The largest absolute Gasteiger partial charge is 0.330 e. The molecule has 2 aliphatic rings. The summed E-state index contributed by atoms with van der Waals surface area (Å²) in [6, 6.07) is 11.3. The van der Waals surface area contributed by atoms with E-state index in [-0.39, 0.29) is 11.8 Å². The second kappa shape index (κ2) is 7.29. The van der Waals surface area contributed by atoms with Gasteiger partial charge in [0.2, 0.25) is 5.91 Å². The van der Waals surface area contributed by atoms with Crippen LogP contribution in [-0.4, -0.2) is 22.5 Å². The van der Waals surface area contributed by atoms with Crippen LogP contribution in [0.4, 0.5) is 8.78 Å². The van der Waals surface area contributed by atoms with E-state index in [4.69, 9.17) is 5.73 Å². The van der Waals surface area contributed by atoms with Crippen molar-refractivity contribution in [3.8, 4) is 0 Å². The number of nitrogens with zero attached hydrogens (tertiary/aromatic N) is 2. The number of rotatable bonds is 3. The third-order valence-corrected chi connectivity index (χ3v) is 6.95. The van der Waals surface area contributed by atoms with E-state index >= 15 is 0 Å². The summed E-state index contributed by atoms with van der Waals surface area (Å²) < 4.78 is 27.6. The van der Waals surface area contributed by atoms with E-state index in [9.17, 15) is 13.6 Å². The SMILES string of the molecule is CC(=O)N1N=C(c2cc(F)cc(F)c2)S[C@@]12c1ccccc1CC[C@@H]2CCN. The lowest BCUT2D eigenvalue weighted by Crippen LogP contribution is -2.49. The van der Waals surface area contributed by atoms with E-state index < -0.39 is 16.5 Å². The monoisotopic (exact) mass is 401 g/mol. The number of hydrogen-bond donors (Lipinski definition) is 1. The maximum Gasteiger partial charge on any atom is 0.241 e. The topological polar surface area (TPSA) is 58.7 Å². The van der Waals surface area contributed by atoms with Crippen molar-refractivity contribution in [2.75, 3.05) is 6.54 Å². The van der Waals surface area contributed by atoms with Gasteiger partial charge in [0.25, 0.3) is 0 Å². The van der Waals surface area contributed by atoms with Gasteiger partial charge in [-0.1, -0.05) is 36.0 Å². The van der Waals surface area contributed by atoms with Gasteiger partial charge in [-0.2, -0.15) is 5.10 Å². The number of benzene rings is 2. The Morgan fingerprint density at radius 2 is 2.00 bits per heavy atom. The van der Waals surface area contributed by atoms with Gasteiger partial charge in [-0.15, -0.1) is 0 Å². The molecule has 0 radical (unpaired) electrons. The Balaban J connectivity index is 1.88. The first kappa shape index (κ1) is 19.1. The highest BCUT2D eigenvalue weighted by Gasteiger charge is 2.54. The minimum atomic E-state index is -0.752. The number of amides is 1. The molecule has 146 valence electrons. The van der Waals surface area contributed by atoms with E-state index in [1.165, 1.54) is 35.8 Å². The lowest BCUT2D eigenvalue weighted by atomic mass is 9.77. The Morgan fingerprint density at radius 1 is 1.29 bits per heavy atom. The molecule has 1 heterocycles. The average molecular weight is 401 g/mol. The van der Waals surface area contributed by atoms with Gasteiger partial charge < -0.3 is 5.73 Å². The summed E-state index contributed by atoms with van der Waals surface area (Å²) in [4.78, 5) is 11.9. The van der Waals surface area contributed by atoms with Crippen LogP contribution in [0.3, 0.4) is 0 Å². The highest BCUT2D eigenvalue weighted by Crippen LogP contribution is 2.57. The molecular formula is C21H21F2N3OS. The summed E-state index contributed by atoms with van der Waals surface area (Å²) in [7, 11) is 0. The second-order valence-electron chi connectivity index (χ2n) is 7.16. The number of thioether (sulfide) groups is 1.